The summed E-state index contributed by atoms with van der Waals surface area (Å²) in [6.45, 7) is 5.35. The van der Waals surface area contributed by atoms with Crippen molar-refractivity contribution in [3.63, 3.8) is 0 Å². The molecule has 0 saturated heterocycles. The Balaban J connectivity index is 1.50. The van der Waals surface area contributed by atoms with Gasteiger partial charge < -0.3 is 13.7 Å². The monoisotopic (exact) mass is 390 g/mol. The Hall–Kier alpha value is -3.12. The fraction of sp³-hybridized carbons (Fsp3) is 0.304. The van der Waals surface area contributed by atoms with E-state index in [0.29, 0.717) is 0 Å². The van der Waals surface area contributed by atoms with E-state index < -0.39 is 0 Å². The van der Waals surface area contributed by atoms with Crippen molar-refractivity contribution in [3.05, 3.63) is 78.4 Å². The first-order chi connectivity index (χ1) is 14.2. The summed E-state index contributed by atoms with van der Waals surface area (Å²) in [5.41, 5.74) is 1.92. The van der Waals surface area contributed by atoms with Crippen molar-refractivity contribution in [2.45, 2.75) is 33.0 Å². The summed E-state index contributed by atoms with van der Waals surface area (Å²) in [4.78, 5) is 11.4. The predicted octanol–water partition coefficient (Wildman–Crippen LogP) is 4.43. The zero-order chi connectivity index (χ0) is 20.1. The molecular formula is C23H26N4O2. The maximum absolute atomic E-state index is 5.81. The minimum atomic E-state index is 0.748. The van der Waals surface area contributed by atoms with Crippen LogP contribution >= 0.6 is 0 Å². The lowest BCUT2D eigenvalue weighted by atomic mass is 10.2. The van der Waals surface area contributed by atoms with Crippen LogP contribution in [-0.4, -0.2) is 33.1 Å². The largest absolute Gasteiger partial charge is 0.494 e. The summed E-state index contributed by atoms with van der Waals surface area (Å²) in [5, 5.41) is 1.08. The van der Waals surface area contributed by atoms with Crippen molar-refractivity contribution in [3.8, 4) is 5.75 Å². The van der Waals surface area contributed by atoms with Gasteiger partial charge in [0.15, 0.2) is 0 Å². The molecule has 0 fully saturated rings. The molecule has 0 radical (unpaired) electrons. The molecule has 0 unspecified atom stereocenters. The molecule has 0 spiro atoms. The Bertz CT molecular complexity index is 1060. The van der Waals surface area contributed by atoms with Gasteiger partial charge in [-0.05, 0) is 37.6 Å². The van der Waals surface area contributed by atoms with E-state index >= 15 is 0 Å². The average molecular weight is 390 g/mol. The molecule has 6 nitrogen and oxygen atoms in total. The summed E-state index contributed by atoms with van der Waals surface area (Å²) in [5.74, 6) is 2.72. The van der Waals surface area contributed by atoms with Gasteiger partial charge in [-0.25, -0.2) is 9.97 Å². The molecule has 4 aromatic rings. The van der Waals surface area contributed by atoms with Crippen LogP contribution in [-0.2, 0) is 19.6 Å². The number of pyridine rings is 1. The molecule has 150 valence electrons. The van der Waals surface area contributed by atoms with E-state index in [1.807, 2.05) is 43.8 Å². The maximum atomic E-state index is 5.81. The van der Waals surface area contributed by atoms with Crippen LogP contribution in [0.3, 0.4) is 0 Å². The van der Waals surface area contributed by atoms with E-state index in [9.17, 15) is 0 Å². The number of methoxy groups -OCH3 is 1. The van der Waals surface area contributed by atoms with Crippen LogP contribution in [0, 0.1) is 6.92 Å². The fourth-order valence-corrected chi connectivity index (χ4v) is 3.54. The molecule has 6 heteroatoms. The van der Waals surface area contributed by atoms with E-state index in [4.69, 9.17) is 14.1 Å². The molecular weight excluding hydrogens is 364 g/mol. The second-order valence-electron chi connectivity index (χ2n) is 7.21. The minimum absolute atomic E-state index is 0.748. The van der Waals surface area contributed by atoms with Gasteiger partial charge in [0.25, 0.3) is 0 Å². The summed E-state index contributed by atoms with van der Waals surface area (Å²) in [7, 11) is 1.69. The number of imidazole rings is 1. The van der Waals surface area contributed by atoms with Gasteiger partial charge >= 0.3 is 0 Å². The van der Waals surface area contributed by atoms with Crippen LogP contribution in [0.2, 0.25) is 0 Å². The second kappa shape index (κ2) is 8.92. The molecule has 1 aromatic carbocycles. The Morgan fingerprint density at radius 2 is 2.03 bits per heavy atom. The molecule has 0 bridgehead atoms. The number of nitrogens with zero attached hydrogens (tertiary/aromatic N) is 4. The Morgan fingerprint density at radius 1 is 1.10 bits per heavy atom. The highest BCUT2D eigenvalue weighted by atomic mass is 16.5. The van der Waals surface area contributed by atoms with Crippen LogP contribution in [0.5, 0.6) is 5.75 Å². The number of hydrogen-bond donors (Lipinski definition) is 0. The molecule has 0 aliphatic heterocycles. The van der Waals surface area contributed by atoms with Crippen LogP contribution in [0.15, 0.2) is 65.6 Å². The molecule has 0 saturated carbocycles. The highest BCUT2D eigenvalue weighted by Crippen LogP contribution is 2.24. The standard InChI is InChI=1S/C23H26N4O2/c1-18-7-10-21(29-18)16-27(13-4-12-26-14-11-24-17-26)15-20-9-8-19-5-3-6-22(28-2)23(19)25-20/h3,5-11,14,17H,4,12-13,15-16H2,1-2H3. The SMILES string of the molecule is COc1cccc2ccc(CN(CCCn3ccnc3)Cc3ccc(C)o3)nc12. The predicted molar refractivity (Wildman–Crippen MR) is 113 cm³/mol. The van der Waals surface area contributed by atoms with E-state index in [0.717, 1.165) is 66.5 Å². The zero-order valence-corrected chi connectivity index (χ0v) is 16.9. The number of ether oxygens (including phenoxy) is 1. The molecule has 29 heavy (non-hydrogen) atoms. The Labute approximate surface area is 170 Å². The zero-order valence-electron chi connectivity index (χ0n) is 16.9. The van der Waals surface area contributed by atoms with E-state index in [1.165, 1.54) is 0 Å². The van der Waals surface area contributed by atoms with Crippen molar-refractivity contribution in [1.82, 2.24) is 19.4 Å². The first-order valence-electron chi connectivity index (χ1n) is 9.87. The topological polar surface area (TPSA) is 56.3 Å². The number of benzene rings is 1. The van der Waals surface area contributed by atoms with E-state index in [1.54, 1.807) is 7.11 Å². The quantitative estimate of drug-likeness (QED) is 0.423. The van der Waals surface area contributed by atoms with Gasteiger partial charge in [0.2, 0.25) is 0 Å². The number of hydrogen-bond acceptors (Lipinski definition) is 5. The number of aryl methyl sites for hydroxylation is 2. The van der Waals surface area contributed by atoms with Gasteiger partial charge in [-0.2, -0.15) is 0 Å². The van der Waals surface area contributed by atoms with Crippen LogP contribution in [0.4, 0.5) is 0 Å². The highest BCUT2D eigenvalue weighted by molar-refractivity contribution is 5.84. The van der Waals surface area contributed by atoms with Crippen molar-refractivity contribution in [2.24, 2.45) is 0 Å². The Kier molecular flexibility index (Phi) is 5.91. The van der Waals surface area contributed by atoms with Gasteiger partial charge in [-0.15, -0.1) is 0 Å². The van der Waals surface area contributed by atoms with Gasteiger partial charge in [-0.1, -0.05) is 18.2 Å². The summed E-state index contributed by atoms with van der Waals surface area (Å²) in [6.07, 6.45) is 6.69. The number of aromatic nitrogens is 3. The summed E-state index contributed by atoms with van der Waals surface area (Å²) < 4.78 is 13.4. The normalized spacial score (nSPS) is 11.4. The van der Waals surface area contributed by atoms with Crippen molar-refractivity contribution in [2.75, 3.05) is 13.7 Å². The van der Waals surface area contributed by atoms with Gasteiger partial charge in [-0.3, -0.25) is 4.90 Å². The molecule has 0 aliphatic rings. The summed E-state index contributed by atoms with van der Waals surface area (Å²) >= 11 is 0. The lowest BCUT2D eigenvalue weighted by molar-refractivity contribution is 0.225. The van der Waals surface area contributed by atoms with Gasteiger partial charge in [0.05, 0.1) is 25.7 Å². The smallest absolute Gasteiger partial charge is 0.145 e. The first kappa shape index (κ1) is 19.2. The van der Waals surface area contributed by atoms with E-state index in [-0.39, 0.29) is 0 Å². The Morgan fingerprint density at radius 3 is 2.79 bits per heavy atom. The number of rotatable bonds is 9. The molecule has 0 amide bonds. The second-order valence-corrected chi connectivity index (χ2v) is 7.21. The molecule has 0 N–H and O–H groups in total. The first-order valence-corrected chi connectivity index (χ1v) is 9.87. The van der Waals surface area contributed by atoms with Crippen molar-refractivity contribution in [1.29, 1.82) is 0 Å². The van der Waals surface area contributed by atoms with E-state index in [2.05, 4.69) is 38.7 Å². The molecule has 3 aromatic heterocycles. The lowest BCUT2D eigenvalue weighted by Crippen LogP contribution is -2.25. The highest BCUT2D eigenvalue weighted by Gasteiger charge is 2.12. The summed E-state index contributed by atoms with van der Waals surface area (Å²) in [6, 6.07) is 14.3. The number of furan rings is 1. The number of fused-ring (bicyclic) bond motifs is 1. The fourth-order valence-electron chi connectivity index (χ4n) is 3.54. The molecule has 0 atom stereocenters. The van der Waals surface area contributed by atoms with Gasteiger partial charge in [0.1, 0.15) is 22.8 Å². The maximum Gasteiger partial charge on any atom is 0.145 e. The van der Waals surface area contributed by atoms with Gasteiger partial charge in [0, 0.05) is 37.4 Å². The third-order valence-electron chi connectivity index (χ3n) is 4.97. The van der Waals surface area contributed by atoms with Crippen LogP contribution in [0.1, 0.15) is 23.6 Å². The minimum Gasteiger partial charge on any atom is -0.494 e. The number of para-hydroxylation sites is 1. The third kappa shape index (κ3) is 4.84. The van der Waals surface area contributed by atoms with Crippen LogP contribution in [0.25, 0.3) is 10.9 Å². The average Bonchev–Trinajstić information content (AvgIpc) is 3.39. The van der Waals surface area contributed by atoms with Crippen molar-refractivity contribution >= 4 is 10.9 Å². The lowest BCUT2D eigenvalue weighted by Gasteiger charge is -2.21. The van der Waals surface area contributed by atoms with Crippen molar-refractivity contribution < 1.29 is 9.15 Å². The third-order valence-corrected chi connectivity index (χ3v) is 4.97. The molecule has 0 aliphatic carbocycles. The van der Waals surface area contributed by atoms with Crippen LogP contribution < -0.4 is 4.74 Å². The molecule has 4 rings (SSSR count). The molecule has 3 heterocycles.